The van der Waals surface area contributed by atoms with Gasteiger partial charge in [0.2, 0.25) is 0 Å². The van der Waals surface area contributed by atoms with Crippen molar-refractivity contribution in [1.29, 1.82) is 0 Å². The molecule has 0 fully saturated rings. The molecule has 0 amide bonds. The molecule has 37 heavy (non-hydrogen) atoms. The minimum atomic E-state index is 0.909. The predicted octanol–water partition coefficient (Wildman–Crippen LogP) is 9.17. The van der Waals surface area contributed by atoms with Gasteiger partial charge < -0.3 is 4.42 Å². The van der Waals surface area contributed by atoms with Crippen molar-refractivity contribution in [1.82, 2.24) is 9.97 Å². The Morgan fingerprint density at radius 1 is 0.486 bits per heavy atom. The van der Waals surface area contributed by atoms with Gasteiger partial charge in [-0.1, -0.05) is 78.9 Å². The number of hydrogen-bond acceptors (Lipinski definition) is 3. The van der Waals surface area contributed by atoms with Crippen LogP contribution in [0.4, 0.5) is 0 Å². The van der Waals surface area contributed by atoms with Crippen molar-refractivity contribution in [3.63, 3.8) is 0 Å². The van der Waals surface area contributed by atoms with Gasteiger partial charge in [0.05, 0.1) is 16.6 Å². The van der Waals surface area contributed by atoms with Crippen molar-refractivity contribution < 1.29 is 4.42 Å². The normalized spacial score (nSPS) is 11.8. The number of para-hydroxylation sites is 2. The Kier molecular flexibility index (Phi) is 4.23. The zero-order valence-corrected chi connectivity index (χ0v) is 19.8. The SMILES string of the molecule is c1cc(-c2ccc3oc4ccccc4c3c2)cc(-c2c3ccccc3nc3c2ccc2cccnc23)c1. The van der Waals surface area contributed by atoms with E-state index in [1.807, 2.05) is 30.5 Å². The minimum absolute atomic E-state index is 0.909. The summed E-state index contributed by atoms with van der Waals surface area (Å²) in [6.45, 7) is 0. The van der Waals surface area contributed by atoms with Crippen LogP contribution in [0.15, 0.2) is 126 Å². The minimum Gasteiger partial charge on any atom is -0.456 e. The monoisotopic (exact) mass is 472 g/mol. The van der Waals surface area contributed by atoms with Crippen LogP contribution < -0.4 is 0 Å². The molecule has 0 spiro atoms. The molecule has 0 unspecified atom stereocenters. The summed E-state index contributed by atoms with van der Waals surface area (Å²) >= 11 is 0. The van der Waals surface area contributed by atoms with Gasteiger partial charge in [0.15, 0.2) is 0 Å². The fourth-order valence-electron chi connectivity index (χ4n) is 5.56. The van der Waals surface area contributed by atoms with E-state index in [9.17, 15) is 0 Å². The van der Waals surface area contributed by atoms with Crippen LogP contribution in [0.25, 0.3) is 76.9 Å². The third kappa shape index (κ3) is 3.08. The first-order chi connectivity index (χ1) is 18.3. The second kappa shape index (κ2) is 7.74. The average Bonchev–Trinajstić information content (AvgIpc) is 3.34. The summed E-state index contributed by atoms with van der Waals surface area (Å²) in [6, 6.07) is 40.2. The van der Waals surface area contributed by atoms with Crippen LogP contribution in [-0.2, 0) is 0 Å². The summed E-state index contributed by atoms with van der Waals surface area (Å²) in [6.07, 6.45) is 1.84. The molecule has 0 saturated carbocycles. The van der Waals surface area contributed by atoms with Gasteiger partial charge in [-0.25, -0.2) is 4.98 Å². The third-order valence-corrected chi connectivity index (χ3v) is 7.28. The number of pyridine rings is 2. The van der Waals surface area contributed by atoms with Crippen LogP contribution in [0.1, 0.15) is 0 Å². The summed E-state index contributed by atoms with van der Waals surface area (Å²) < 4.78 is 6.05. The molecule has 0 aliphatic carbocycles. The zero-order valence-electron chi connectivity index (χ0n) is 19.8. The van der Waals surface area contributed by atoms with E-state index in [4.69, 9.17) is 14.4 Å². The molecule has 3 heterocycles. The number of hydrogen-bond donors (Lipinski definition) is 0. The van der Waals surface area contributed by atoms with Crippen molar-refractivity contribution in [2.24, 2.45) is 0 Å². The largest absolute Gasteiger partial charge is 0.456 e. The Bertz CT molecular complexity index is 2160. The van der Waals surface area contributed by atoms with Crippen molar-refractivity contribution in [2.75, 3.05) is 0 Å². The first-order valence-electron chi connectivity index (χ1n) is 12.4. The molecule has 0 saturated heterocycles. The molecule has 172 valence electrons. The summed E-state index contributed by atoms with van der Waals surface area (Å²) in [5.74, 6) is 0. The lowest BCUT2D eigenvalue weighted by molar-refractivity contribution is 0.669. The summed E-state index contributed by atoms with van der Waals surface area (Å²) in [4.78, 5) is 9.75. The Hall–Kier alpha value is -5.02. The number of aromatic nitrogens is 2. The van der Waals surface area contributed by atoms with Gasteiger partial charge in [-0.15, -0.1) is 0 Å². The van der Waals surface area contributed by atoms with Crippen molar-refractivity contribution >= 4 is 54.6 Å². The molecule has 0 bridgehead atoms. The Morgan fingerprint density at radius 2 is 1.30 bits per heavy atom. The molecule has 8 aromatic rings. The van der Waals surface area contributed by atoms with Crippen LogP contribution in [-0.4, -0.2) is 9.97 Å². The molecule has 0 radical (unpaired) electrons. The lowest BCUT2D eigenvalue weighted by atomic mass is 9.92. The topological polar surface area (TPSA) is 38.9 Å². The maximum Gasteiger partial charge on any atom is 0.135 e. The average molecular weight is 473 g/mol. The van der Waals surface area contributed by atoms with Crippen molar-refractivity contribution in [2.45, 2.75) is 0 Å². The quantitative estimate of drug-likeness (QED) is 0.186. The molecule has 3 heteroatoms. The van der Waals surface area contributed by atoms with Gasteiger partial charge in [-0.2, -0.15) is 0 Å². The third-order valence-electron chi connectivity index (χ3n) is 7.28. The molecule has 0 N–H and O–H groups in total. The number of fused-ring (bicyclic) bond motifs is 7. The second-order valence-electron chi connectivity index (χ2n) is 9.43. The van der Waals surface area contributed by atoms with Gasteiger partial charge in [0, 0.05) is 38.7 Å². The summed E-state index contributed by atoms with van der Waals surface area (Å²) in [5, 5.41) is 5.62. The van der Waals surface area contributed by atoms with Crippen molar-refractivity contribution in [3.8, 4) is 22.3 Å². The maximum absolute atomic E-state index is 6.05. The number of benzene rings is 5. The molecule has 3 nitrogen and oxygen atoms in total. The highest BCUT2D eigenvalue weighted by Crippen LogP contribution is 2.39. The number of nitrogens with zero attached hydrogens (tertiary/aromatic N) is 2. The van der Waals surface area contributed by atoms with Gasteiger partial charge in [-0.3, -0.25) is 4.98 Å². The van der Waals surface area contributed by atoms with Crippen LogP contribution in [0.5, 0.6) is 0 Å². The molecule has 3 aromatic heterocycles. The Labute approximate surface area is 212 Å². The first-order valence-corrected chi connectivity index (χ1v) is 12.4. The van der Waals surface area contributed by atoms with Gasteiger partial charge in [-0.05, 0) is 53.1 Å². The molecule has 0 aliphatic heterocycles. The van der Waals surface area contributed by atoms with E-state index in [0.29, 0.717) is 0 Å². The molecular weight excluding hydrogens is 452 g/mol. The van der Waals surface area contributed by atoms with E-state index in [2.05, 4.69) is 91.0 Å². The van der Waals surface area contributed by atoms with Crippen LogP contribution in [0.3, 0.4) is 0 Å². The smallest absolute Gasteiger partial charge is 0.135 e. The van der Waals surface area contributed by atoms with Gasteiger partial charge >= 0.3 is 0 Å². The van der Waals surface area contributed by atoms with Crippen LogP contribution in [0.2, 0.25) is 0 Å². The van der Waals surface area contributed by atoms with E-state index in [0.717, 1.165) is 71.3 Å². The standard InChI is InChI=1S/C34H20N2O/c1-3-12-29-26(11-1)32(27-16-14-21-9-6-18-35-33(21)34(27)36-29)24-8-5-7-22(19-24)23-15-17-31-28(20-23)25-10-2-4-13-30(25)37-31/h1-20H. The predicted molar refractivity (Wildman–Crippen MR) is 153 cm³/mol. The summed E-state index contributed by atoms with van der Waals surface area (Å²) in [5.41, 5.74) is 9.33. The fourth-order valence-corrected chi connectivity index (χ4v) is 5.56. The van der Waals surface area contributed by atoms with E-state index in [1.165, 1.54) is 5.56 Å². The second-order valence-corrected chi connectivity index (χ2v) is 9.43. The highest BCUT2D eigenvalue weighted by atomic mass is 16.3. The first kappa shape index (κ1) is 20.2. The molecule has 5 aromatic carbocycles. The highest BCUT2D eigenvalue weighted by Gasteiger charge is 2.15. The fraction of sp³-hybridized carbons (Fsp3) is 0. The van der Waals surface area contributed by atoms with Gasteiger partial charge in [0.25, 0.3) is 0 Å². The van der Waals surface area contributed by atoms with Crippen LogP contribution >= 0.6 is 0 Å². The zero-order chi connectivity index (χ0) is 24.3. The highest BCUT2D eigenvalue weighted by molar-refractivity contribution is 6.16. The number of rotatable bonds is 2. The molecule has 0 atom stereocenters. The Morgan fingerprint density at radius 3 is 2.27 bits per heavy atom. The van der Waals surface area contributed by atoms with Gasteiger partial charge in [0.1, 0.15) is 11.2 Å². The number of furan rings is 1. The van der Waals surface area contributed by atoms with E-state index >= 15 is 0 Å². The van der Waals surface area contributed by atoms with E-state index < -0.39 is 0 Å². The maximum atomic E-state index is 6.05. The summed E-state index contributed by atoms with van der Waals surface area (Å²) in [7, 11) is 0. The van der Waals surface area contributed by atoms with Crippen LogP contribution in [0, 0.1) is 0 Å². The molecular formula is C34H20N2O. The van der Waals surface area contributed by atoms with E-state index in [-0.39, 0.29) is 0 Å². The lowest BCUT2D eigenvalue weighted by Crippen LogP contribution is -1.92. The van der Waals surface area contributed by atoms with Crippen molar-refractivity contribution in [3.05, 3.63) is 121 Å². The lowest BCUT2D eigenvalue weighted by Gasteiger charge is -2.14. The Balaban J connectivity index is 1.39. The van der Waals surface area contributed by atoms with E-state index in [1.54, 1.807) is 0 Å². The molecule has 8 rings (SSSR count). The molecule has 0 aliphatic rings.